The predicted molar refractivity (Wildman–Crippen MR) is 141 cm³/mol. The second-order valence-corrected chi connectivity index (χ2v) is 9.16. The Bertz CT molecular complexity index is 1250. The van der Waals surface area contributed by atoms with Gasteiger partial charge in [-0.3, -0.25) is 4.79 Å². The molecule has 0 saturated carbocycles. The number of oxazole rings is 1. The number of carbonyl (C=O) groups excluding carboxylic acids is 1. The van der Waals surface area contributed by atoms with Crippen LogP contribution in [0, 0.1) is 0 Å². The number of halogens is 1. The molecule has 6 heteroatoms. The molecule has 5 rings (SSSR count). The van der Waals surface area contributed by atoms with E-state index in [9.17, 15) is 4.79 Å². The van der Waals surface area contributed by atoms with Gasteiger partial charge in [-0.2, -0.15) is 0 Å². The van der Waals surface area contributed by atoms with Gasteiger partial charge in [0.15, 0.2) is 0 Å². The first-order chi connectivity index (χ1) is 17.2. The van der Waals surface area contributed by atoms with E-state index < -0.39 is 0 Å². The second-order valence-electron chi connectivity index (χ2n) is 8.72. The van der Waals surface area contributed by atoms with E-state index >= 15 is 0 Å². The van der Waals surface area contributed by atoms with Gasteiger partial charge in [0.05, 0.1) is 0 Å². The second kappa shape index (κ2) is 10.8. The van der Waals surface area contributed by atoms with Gasteiger partial charge in [0, 0.05) is 60.9 Å². The Morgan fingerprint density at radius 2 is 1.49 bits per heavy atom. The zero-order valence-corrected chi connectivity index (χ0v) is 20.3. The van der Waals surface area contributed by atoms with Crippen LogP contribution in [0.3, 0.4) is 0 Å². The molecule has 1 aliphatic heterocycles. The number of aromatic nitrogens is 1. The summed E-state index contributed by atoms with van der Waals surface area (Å²) in [7, 11) is 0. The number of amides is 1. The minimum Gasteiger partial charge on any atom is -0.441 e. The largest absolute Gasteiger partial charge is 0.441 e. The highest BCUT2D eigenvalue weighted by atomic mass is 35.5. The standard InChI is InChI=1S/C29H28ClN3O2/c30-24-16-14-22(15-17-24)28-26(35-29(31-28)23-8-3-1-4-9-23)12-7-13-27(34)33-20-18-32(19-21-33)25-10-5-2-6-11-25/h1-6,8-11,14-17H,7,12-13,18-21H2. The third-order valence-electron chi connectivity index (χ3n) is 6.38. The van der Waals surface area contributed by atoms with E-state index in [4.69, 9.17) is 21.0 Å². The van der Waals surface area contributed by atoms with Crippen LogP contribution in [0.15, 0.2) is 89.3 Å². The molecule has 0 radical (unpaired) electrons. The molecule has 0 atom stereocenters. The van der Waals surface area contributed by atoms with Crippen molar-refractivity contribution in [1.29, 1.82) is 0 Å². The third kappa shape index (κ3) is 5.57. The minimum absolute atomic E-state index is 0.202. The summed E-state index contributed by atoms with van der Waals surface area (Å²) >= 11 is 6.09. The molecule has 3 aromatic carbocycles. The molecule has 5 nitrogen and oxygen atoms in total. The summed E-state index contributed by atoms with van der Waals surface area (Å²) in [5, 5.41) is 0.681. The van der Waals surface area contributed by atoms with Gasteiger partial charge in [0.2, 0.25) is 11.8 Å². The number of rotatable bonds is 7. The first-order valence-corrected chi connectivity index (χ1v) is 12.4. The molecule has 1 fully saturated rings. The van der Waals surface area contributed by atoms with Crippen molar-refractivity contribution in [2.24, 2.45) is 0 Å². The number of para-hydroxylation sites is 1. The van der Waals surface area contributed by atoms with Gasteiger partial charge in [-0.05, 0) is 42.8 Å². The van der Waals surface area contributed by atoms with Crippen LogP contribution in [0.1, 0.15) is 18.6 Å². The summed E-state index contributed by atoms with van der Waals surface area (Å²) in [6.07, 6.45) is 1.85. The maximum Gasteiger partial charge on any atom is 0.226 e. The Morgan fingerprint density at radius 1 is 0.829 bits per heavy atom. The zero-order chi connectivity index (χ0) is 24.0. The van der Waals surface area contributed by atoms with Crippen LogP contribution in [0.2, 0.25) is 5.02 Å². The summed E-state index contributed by atoms with van der Waals surface area (Å²) in [6, 6.07) is 27.9. The number of benzene rings is 3. The Balaban J connectivity index is 1.22. The highest BCUT2D eigenvalue weighted by Gasteiger charge is 2.22. The van der Waals surface area contributed by atoms with Crippen LogP contribution < -0.4 is 4.90 Å². The lowest BCUT2D eigenvalue weighted by Crippen LogP contribution is -2.48. The molecule has 1 amide bonds. The maximum atomic E-state index is 12.9. The molecule has 4 aromatic rings. The predicted octanol–water partition coefficient (Wildman–Crippen LogP) is 6.33. The molecule has 178 valence electrons. The SMILES string of the molecule is O=C(CCCc1oc(-c2ccccc2)nc1-c1ccc(Cl)cc1)N1CCN(c2ccccc2)CC1. The lowest BCUT2D eigenvalue weighted by Gasteiger charge is -2.36. The van der Waals surface area contributed by atoms with E-state index in [2.05, 4.69) is 29.2 Å². The lowest BCUT2D eigenvalue weighted by molar-refractivity contribution is -0.131. The van der Waals surface area contributed by atoms with Gasteiger partial charge in [0.25, 0.3) is 0 Å². The van der Waals surface area contributed by atoms with E-state index in [1.165, 1.54) is 5.69 Å². The Kier molecular flexibility index (Phi) is 7.15. The molecule has 0 bridgehead atoms. The molecular formula is C29H28ClN3O2. The van der Waals surface area contributed by atoms with E-state index in [0.717, 1.165) is 48.8 Å². The van der Waals surface area contributed by atoms with E-state index in [1.807, 2.05) is 65.6 Å². The Hall–Kier alpha value is -3.57. The van der Waals surface area contributed by atoms with Crippen molar-refractivity contribution in [3.8, 4) is 22.7 Å². The quantitative estimate of drug-likeness (QED) is 0.307. The van der Waals surface area contributed by atoms with Gasteiger partial charge in [-0.1, -0.05) is 60.1 Å². The fraction of sp³-hybridized carbons (Fsp3) is 0.241. The normalized spacial score (nSPS) is 13.7. The smallest absolute Gasteiger partial charge is 0.226 e. The van der Waals surface area contributed by atoms with Crippen LogP contribution in [0.25, 0.3) is 22.7 Å². The van der Waals surface area contributed by atoms with E-state index in [1.54, 1.807) is 0 Å². The van der Waals surface area contributed by atoms with Crippen molar-refractivity contribution in [3.05, 3.63) is 95.7 Å². The molecule has 35 heavy (non-hydrogen) atoms. The van der Waals surface area contributed by atoms with Crippen molar-refractivity contribution in [2.75, 3.05) is 31.1 Å². The monoisotopic (exact) mass is 485 g/mol. The third-order valence-corrected chi connectivity index (χ3v) is 6.64. The number of hydrogen-bond acceptors (Lipinski definition) is 4. The Labute approximate surface area is 211 Å². The van der Waals surface area contributed by atoms with Crippen LogP contribution in [0.4, 0.5) is 5.69 Å². The molecule has 0 unspecified atom stereocenters. The van der Waals surface area contributed by atoms with Crippen molar-refractivity contribution >= 4 is 23.2 Å². The molecule has 1 saturated heterocycles. The zero-order valence-electron chi connectivity index (χ0n) is 19.6. The molecule has 0 N–H and O–H groups in total. The Morgan fingerprint density at radius 3 is 2.17 bits per heavy atom. The molecule has 0 aliphatic carbocycles. The van der Waals surface area contributed by atoms with Gasteiger partial charge in [-0.25, -0.2) is 4.98 Å². The fourth-order valence-electron chi connectivity index (χ4n) is 4.47. The van der Waals surface area contributed by atoms with Gasteiger partial charge < -0.3 is 14.2 Å². The van der Waals surface area contributed by atoms with Crippen molar-refractivity contribution < 1.29 is 9.21 Å². The average molecular weight is 486 g/mol. The van der Waals surface area contributed by atoms with Crippen molar-refractivity contribution in [2.45, 2.75) is 19.3 Å². The maximum absolute atomic E-state index is 12.9. The number of hydrogen-bond donors (Lipinski definition) is 0. The first-order valence-electron chi connectivity index (χ1n) is 12.1. The topological polar surface area (TPSA) is 49.6 Å². The number of carbonyl (C=O) groups is 1. The summed E-state index contributed by atoms with van der Waals surface area (Å²) in [5.74, 6) is 1.59. The summed E-state index contributed by atoms with van der Waals surface area (Å²) in [5.41, 5.74) is 3.92. The molecular weight excluding hydrogens is 458 g/mol. The molecule has 2 heterocycles. The van der Waals surface area contributed by atoms with Crippen LogP contribution >= 0.6 is 11.6 Å². The van der Waals surface area contributed by atoms with Crippen LogP contribution in [-0.4, -0.2) is 42.0 Å². The minimum atomic E-state index is 0.202. The summed E-state index contributed by atoms with van der Waals surface area (Å²) in [4.78, 5) is 22.0. The van der Waals surface area contributed by atoms with Gasteiger partial charge in [0.1, 0.15) is 11.5 Å². The average Bonchev–Trinajstić information content (AvgIpc) is 3.34. The van der Waals surface area contributed by atoms with Gasteiger partial charge >= 0.3 is 0 Å². The van der Waals surface area contributed by atoms with E-state index in [0.29, 0.717) is 30.2 Å². The van der Waals surface area contributed by atoms with Gasteiger partial charge in [-0.15, -0.1) is 0 Å². The summed E-state index contributed by atoms with van der Waals surface area (Å²) < 4.78 is 6.20. The van der Waals surface area contributed by atoms with Crippen molar-refractivity contribution in [1.82, 2.24) is 9.88 Å². The highest BCUT2D eigenvalue weighted by molar-refractivity contribution is 6.30. The number of anilines is 1. The van der Waals surface area contributed by atoms with Crippen molar-refractivity contribution in [3.63, 3.8) is 0 Å². The van der Waals surface area contributed by atoms with E-state index in [-0.39, 0.29) is 5.91 Å². The number of aryl methyl sites for hydroxylation is 1. The molecule has 0 spiro atoms. The number of piperazine rings is 1. The summed E-state index contributed by atoms with van der Waals surface area (Å²) in [6.45, 7) is 3.23. The lowest BCUT2D eigenvalue weighted by atomic mass is 10.1. The van der Waals surface area contributed by atoms with Crippen LogP contribution in [-0.2, 0) is 11.2 Å². The highest BCUT2D eigenvalue weighted by Crippen LogP contribution is 2.31. The fourth-order valence-corrected chi connectivity index (χ4v) is 4.60. The molecule has 1 aromatic heterocycles. The number of nitrogens with zero attached hydrogens (tertiary/aromatic N) is 3. The molecule has 1 aliphatic rings. The first kappa shape index (κ1) is 23.2. The van der Waals surface area contributed by atoms with Crippen LogP contribution in [0.5, 0.6) is 0 Å².